The van der Waals surface area contributed by atoms with E-state index in [2.05, 4.69) is 10.1 Å². The molecule has 0 bridgehead atoms. The summed E-state index contributed by atoms with van der Waals surface area (Å²) in [5, 5.41) is 14.6. The van der Waals surface area contributed by atoms with Gasteiger partial charge in [0.05, 0.1) is 35.1 Å². The fourth-order valence-electron chi connectivity index (χ4n) is 5.16. The van der Waals surface area contributed by atoms with Crippen LogP contribution in [0.4, 0.5) is 10.2 Å². The third-order valence-electron chi connectivity index (χ3n) is 8.08. The highest BCUT2D eigenvalue weighted by molar-refractivity contribution is 6.36. The fourth-order valence-corrected chi connectivity index (χ4v) is 5.83. The number of anilines is 1. The van der Waals surface area contributed by atoms with Crippen molar-refractivity contribution in [1.82, 2.24) is 19.7 Å². The summed E-state index contributed by atoms with van der Waals surface area (Å²) in [6.07, 6.45) is 7.35. The molecule has 0 unspecified atom stereocenters. The molecule has 4 rings (SSSR count). The van der Waals surface area contributed by atoms with Gasteiger partial charge < -0.3 is 30.0 Å². The van der Waals surface area contributed by atoms with Gasteiger partial charge in [-0.25, -0.2) is 9.37 Å². The zero-order chi connectivity index (χ0) is 33.6. The molecule has 1 aliphatic heterocycles. The summed E-state index contributed by atoms with van der Waals surface area (Å²) in [5.74, 6) is -0.138. The highest BCUT2D eigenvalue weighted by Gasteiger charge is 2.26. The number of benzene rings is 1. The van der Waals surface area contributed by atoms with E-state index in [4.69, 9.17) is 43.1 Å². The number of rotatable bonds is 14. The maximum absolute atomic E-state index is 14.1. The number of piperidine rings is 1. The van der Waals surface area contributed by atoms with Gasteiger partial charge in [0.2, 0.25) is 5.91 Å². The molecule has 0 spiro atoms. The Labute approximate surface area is 279 Å². The number of aromatic nitrogens is 3. The molecule has 0 aliphatic carbocycles. The van der Waals surface area contributed by atoms with E-state index in [0.717, 1.165) is 24.0 Å². The van der Waals surface area contributed by atoms with E-state index in [9.17, 15) is 14.3 Å². The van der Waals surface area contributed by atoms with Gasteiger partial charge in [0, 0.05) is 53.8 Å². The summed E-state index contributed by atoms with van der Waals surface area (Å²) in [6.45, 7) is 11.3. The molecule has 1 amide bonds. The number of nitrogens with two attached hydrogens (primary N) is 1. The first-order valence-corrected chi connectivity index (χ1v) is 16.2. The summed E-state index contributed by atoms with van der Waals surface area (Å²) in [7, 11) is 0. The van der Waals surface area contributed by atoms with Gasteiger partial charge in [-0.3, -0.25) is 9.48 Å². The van der Waals surface area contributed by atoms with E-state index in [1.54, 1.807) is 39.2 Å². The highest BCUT2D eigenvalue weighted by atomic mass is 35.5. The number of likely N-dealkylation sites (tertiary alicyclic amines) is 1. The second kappa shape index (κ2) is 15.3. The van der Waals surface area contributed by atoms with E-state index in [-0.39, 0.29) is 34.4 Å². The topological polar surface area (TPSA) is 125 Å². The highest BCUT2D eigenvalue weighted by Crippen LogP contribution is 2.37. The molecule has 3 aromatic rings. The zero-order valence-corrected chi connectivity index (χ0v) is 28.6. The van der Waals surface area contributed by atoms with Gasteiger partial charge in [-0.1, -0.05) is 23.2 Å². The van der Waals surface area contributed by atoms with Gasteiger partial charge in [-0.2, -0.15) is 5.10 Å². The Balaban J connectivity index is 1.26. The van der Waals surface area contributed by atoms with Crippen molar-refractivity contribution in [2.24, 2.45) is 0 Å². The first-order chi connectivity index (χ1) is 21.6. The van der Waals surface area contributed by atoms with Crippen LogP contribution in [0.2, 0.25) is 10.0 Å². The van der Waals surface area contributed by atoms with E-state index < -0.39 is 23.1 Å². The molecule has 1 aromatic carbocycles. The maximum Gasteiger partial charge on any atom is 0.248 e. The third kappa shape index (κ3) is 9.78. The van der Waals surface area contributed by atoms with Gasteiger partial charge in [0.1, 0.15) is 18.5 Å². The smallest absolute Gasteiger partial charge is 0.248 e. The third-order valence-corrected chi connectivity index (χ3v) is 8.79. The van der Waals surface area contributed by atoms with Crippen molar-refractivity contribution in [2.45, 2.75) is 83.6 Å². The van der Waals surface area contributed by atoms with Crippen LogP contribution in [0.5, 0.6) is 5.75 Å². The molecule has 252 valence electrons. The molecule has 13 heteroatoms. The van der Waals surface area contributed by atoms with E-state index in [0.29, 0.717) is 50.5 Å². The van der Waals surface area contributed by atoms with Crippen LogP contribution >= 0.6 is 23.2 Å². The van der Waals surface area contributed by atoms with Gasteiger partial charge >= 0.3 is 0 Å². The second-order valence-electron chi connectivity index (χ2n) is 12.9. The quantitative estimate of drug-likeness (QED) is 0.144. The Morgan fingerprint density at radius 1 is 1.13 bits per heavy atom. The number of nitrogens with zero attached hydrogens (tertiary/aromatic N) is 4. The molecule has 1 saturated heterocycles. The van der Waals surface area contributed by atoms with Crippen LogP contribution in [0.1, 0.15) is 78.0 Å². The monoisotopic (exact) mass is 679 g/mol. The summed E-state index contributed by atoms with van der Waals surface area (Å²) >= 11 is 12.4. The van der Waals surface area contributed by atoms with Crippen molar-refractivity contribution >= 4 is 34.9 Å². The van der Waals surface area contributed by atoms with Crippen LogP contribution in [0.25, 0.3) is 11.1 Å². The largest absolute Gasteiger partial charge is 0.482 e. The fraction of sp³-hybridized carbons (Fsp3) is 0.545. The van der Waals surface area contributed by atoms with Crippen molar-refractivity contribution in [3.8, 4) is 16.9 Å². The van der Waals surface area contributed by atoms with Crippen LogP contribution in [-0.2, 0) is 14.3 Å². The van der Waals surface area contributed by atoms with Crippen molar-refractivity contribution in [3.63, 3.8) is 0 Å². The molecular formula is C33H44Cl2FN5O5. The number of hydrogen-bond acceptors (Lipinski definition) is 8. The molecule has 3 N–H and O–H groups in total. The molecule has 46 heavy (non-hydrogen) atoms. The lowest BCUT2D eigenvalue weighted by molar-refractivity contribution is -0.138. The minimum absolute atomic E-state index is 0.0289. The van der Waals surface area contributed by atoms with Crippen molar-refractivity contribution in [2.75, 3.05) is 38.6 Å². The number of amides is 1. The Kier molecular flexibility index (Phi) is 11.9. The van der Waals surface area contributed by atoms with Crippen molar-refractivity contribution in [1.29, 1.82) is 0 Å². The summed E-state index contributed by atoms with van der Waals surface area (Å²) in [5.41, 5.74) is 6.82. The predicted molar refractivity (Wildman–Crippen MR) is 177 cm³/mol. The van der Waals surface area contributed by atoms with Crippen LogP contribution in [0.15, 0.2) is 36.8 Å². The van der Waals surface area contributed by atoms with E-state index >= 15 is 0 Å². The summed E-state index contributed by atoms with van der Waals surface area (Å²) in [6, 6.07) is 4.52. The van der Waals surface area contributed by atoms with Gasteiger partial charge in [0.15, 0.2) is 11.6 Å². The van der Waals surface area contributed by atoms with E-state index in [1.807, 2.05) is 29.6 Å². The second-order valence-corrected chi connectivity index (χ2v) is 13.7. The first-order valence-electron chi connectivity index (χ1n) is 15.5. The molecule has 0 saturated carbocycles. The number of hydrogen-bond donors (Lipinski definition) is 2. The van der Waals surface area contributed by atoms with Gasteiger partial charge in [0.25, 0.3) is 0 Å². The van der Waals surface area contributed by atoms with Crippen LogP contribution in [0, 0.1) is 5.82 Å². The molecular weight excluding hydrogens is 636 g/mol. The average Bonchev–Trinajstić information content (AvgIpc) is 3.48. The predicted octanol–water partition coefficient (Wildman–Crippen LogP) is 6.64. The number of ether oxygens (including phenoxy) is 3. The van der Waals surface area contributed by atoms with Crippen molar-refractivity contribution < 1.29 is 28.5 Å². The lowest BCUT2D eigenvalue weighted by atomic mass is 10.0. The number of pyridine rings is 1. The molecule has 10 nitrogen and oxygen atoms in total. The summed E-state index contributed by atoms with van der Waals surface area (Å²) < 4.78 is 33.6. The van der Waals surface area contributed by atoms with Crippen molar-refractivity contribution in [3.05, 3.63) is 58.2 Å². The van der Waals surface area contributed by atoms with E-state index in [1.165, 1.54) is 12.1 Å². The van der Waals surface area contributed by atoms with Crippen LogP contribution < -0.4 is 10.5 Å². The minimum atomic E-state index is -0.766. The first kappa shape index (κ1) is 35.9. The lowest BCUT2D eigenvalue weighted by Crippen LogP contribution is -2.41. The molecule has 1 atom stereocenters. The number of carbonyl (C=O) groups is 1. The van der Waals surface area contributed by atoms with Gasteiger partial charge in [-0.05, 0) is 78.5 Å². The lowest BCUT2D eigenvalue weighted by Gasteiger charge is -2.32. The minimum Gasteiger partial charge on any atom is -0.482 e. The molecule has 0 radical (unpaired) electrons. The Morgan fingerprint density at radius 2 is 1.85 bits per heavy atom. The molecule has 1 fully saturated rings. The summed E-state index contributed by atoms with van der Waals surface area (Å²) in [4.78, 5) is 18.9. The Hall–Kier alpha value is -2.96. The number of aliphatic hydroxyl groups is 1. The molecule has 2 aromatic heterocycles. The Bertz CT molecular complexity index is 1490. The Morgan fingerprint density at radius 3 is 2.54 bits per heavy atom. The number of halogens is 3. The van der Waals surface area contributed by atoms with Crippen LogP contribution in [-0.4, -0.2) is 74.8 Å². The zero-order valence-electron chi connectivity index (χ0n) is 27.1. The molecule has 1 aliphatic rings. The normalized spacial score (nSPS) is 15.3. The number of carbonyl (C=O) groups excluding carboxylic acids is 1. The average molecular weight is 681 g/mol. The molecule has 3 heterocycles. The van der Waals surface area contributed by atoms with Gasteiger partial charge in [-0.15, -0.1) is 0 Å². The number of nitrogen functional groups attached to an aromatic ring is 1. The standard InChI is InChI=1S/C33H44Cl2FN5O5/c1-21(29-25(34)6-7-26(36)30(29)35)46-27-16-22(17-38-31(27)37)23-18-39-41(19-23)24-8-12-40(13-9-24)28(42)20-44-14-11-33(4,5)45-15-10-32(2,3)43/h6-7,16-19,21,24,43H,8-15,20H2,1-5H3,(H2,37,38)/t21-/m1/s1. The SMILES string of the molecule is C[C@@H](Oc1cc(-c2cnn(C3CCN(C(=O)COCCC(C)(C)OCCC(C)(C)O)CC3)c2)cnc1N)c1c(Cl)ccc(F)c1Cl. The maximum atomic E-state index is 14.1. The van der Waals surface area contributed by atoms with Crippen LogP contribution in [0.3, 0.4) is 0 Å².